The first-order chi connectivity index (χ1) is 7.36. The van der Waals surface area contributed by atoms with Crippen molar-refractivity contribution in [2.75, 3.05) is 65.6 Å². The third kappa shape index (κ3) is 5.44. The molecular formula is C10H23N3O2. The van der Waals surface area contributed by atoms with Crippen LogP contribution in [0.4, 0.5) is 0 Å². The third-order valence-corrected chi connectivity index (χ3v) is 2.70. The molecule has 1 fully saturated rings. The highest BCUT2D eigenvalue weighted by atomic mass is 16.5. The molecule has 0 aliphatic carbocycles. The summed E-state index contributed by atoms with van der Waals surface area (Å²) in [6, 6.07) is 0. The summed E-state index contributed by atoms with van der Waals surface area (Å²) >= 11 is 0. The van der Waals surface area contributed by atoms with E-state index in [2.05, 4.69) is 9.80 Å². The molecule has 1 rings (SSSR count). The highest BCUT2D eigenvalue weighted by molar-refractivity contribution is 4.66. The summed E-state index contributed by atoms with van der Waals surface area (Å²) in [5, 5.41) is 8.88. The predicted octanol–water partition coefficient (Wildman–Crippen LogP) is -1.43. The van der Waals surface area contributed by atoms with E-state index in [4.69, 9.17) is 15.6 Å². The van der Waals surface area contributed by atoms with Gasteiger partial charge in [0.15, 0.2) is 0 Å². The average Bonchev–Trinajstić information content (AvgIpc) is 2.28. The molecule has 0 bridgehead atoms. The number of aliphatic hydroxyl groups excluding tert-OH is 1. The zero-order valence-corrected chi connectivity index (χ0v) is 9.40. The summed E-state index contributed by atoms with van der Waals surface area (Å²) in [4.78, 5) is 4.60. The second kappa shape index (κ2) is 8.01. The van der Waals surface area contributed by atoms with Crippen molar-refractivity contribution in [1.29, 1.82) is 0 Å². The number of morpholine rings is 1. The molecule has 0 radical (unpaired) electrons. The fourth-order valence-corrected chi connectivity index (χ4v) is 1.77. The fourth-order valence-electron chi connectivity index (χ4n) is 1.77. The summed E-state index contributed by atoms with van der Waals surface area (Å²) in [5.41, 5.74) is 5.51. The molecule has 5 heteroatoms. The molecule has 90 valence electrons. The van der Waals surface area contributed by atoms with Crippen molar-refractivity contribution in [3.05, 3.63) is 0 Å². The molecule has 3 N–H and O–H groups in total. The number of aliphatic hydroxyl groups is 1. The summed E-state index contributed by atoms with van der Waals surface area (Å²) in [6.07, 6.45) is 0. The van der Waals surface area contributed by atoms with Crippen molar-refractivity contribution in [2.45, 2.75) is 0 Å². The van der Waals surface area contributed by atoms with Crippen LogP contribution in [0.25, 0.3) is 0 Å². The van der Waals surface area contributed by atoms with Gasteiger partial charge in [0.25, 0.3) is 0 Å². The van der Waals surface area contributed by atoms with E-state index < -0.39 is 0 Å². The van der Waals surface area contributed by atoms with Crippen LogP contribution in [0.15, 0.2) is 0 Å². The topological polar surface area (TPSA) is 62.0 Å². The van der Waals surface area contributed by atoms with Gasteiger partial charge in [0.2, 0.25) is 0 Å². The molecule has 15 heavy (non-hydrogen) atoms. The second-order valence-electron chi connectivity index (χ2n) is 3.81. The lowest BCUT2D eigenvalue weighted by Gasteiger charge is -2.29. The minimum Gasteiger partial charge on any atom is -0.395 e. The summed E-state index contributed by atoms with van der Waals surface area (Å²) in [5.74, 6) is 0. The van der Waals surface area contributed by atoms with Crippen molar-refractivity contribution in [2.24, 2.45) is 5.73 Å². The quantitative estimate of drug-likeness (QED) is 0.547. The van der Waals surface area contributed by atoms with E-state index in [1.807, 2.05) is 0 Å². The van der Waals surface area contributed by atoms with Gasteiger partial charge in [-0.05, 0) is 0 Å². The maximum absolute atomic E-state index is 8.88. The summed E-state index contributed by atoms with van der Waals surface area (Å²) in [6.45, 7) is 8.22. The Bertz CT molecular complexity index is 146. The van der Waals surface area contributed by atoms with Crippen LogP contribution in [-0.2, 0) is 4.74 Å². The van der Waals surface area contributed by atoms with Gasteiger partial charge in [-0.2, -0.15) is 0 Å². The Labute approximate surface area is 91.8 Å². The summed E-state index contributed by atoms with van der Waals surface area (Å²) in [7, 11) is 0. The number of hydrogen-bond donors (Lipinski definition) is 2. The Balaban J connectivity index is 2.13. The fraction of sp³-hybridized carbons (Fsp3) is 1.00. The van der Waals surface area contributed by atoms with Crippen LogP contribution in [0.1, 0.15) is 0 Å². The third-order valence-electron chi connectivity index (χ3n) is 2.70. The predicted molar refractivity (Wildman–Crippen MR) is 59.8 cm³/mol. The Kier molecular flexibility index (Phi) is 6.87. The van der Waals surface area contributed by atoms with E-state index in [1.165, 1.54) is 0 Å². The molecule has 1 saturated heterocycles. The van der Waals surface area contributed by atoms with Crippen LogP contribution >= 0.6 is 0 Å². The molecule has 1 heterocycles. The highest BCUT2D eigenvalue weighted by Crippen LogP contribution is 1.97. The van der Waals surface area contributed by atoms with Crippen molar-refractivity contribution in [3.8, 4) is 0 Å². The Morgan fingerprint density at radius 1 is 1.20 bits per heavy atom. The molecule has 5 nitrogen and oxygen atoms in total. The number of ether oxygens (including phenoxy) is 1. The number of nitrogens with zero attached hydrogens (tertiary/aromatic N) is 2. The van der Waals surface area contributed by atoms with E-state index in [1.54, 1.807) is 0 Å². The molecule has 1 aliphatic heterocycles. The summed E-state index contributed by atoms with van der Waals surface area (Å²) < 4.78 is 5.29. The molecule has 0 aromatic heterocycles. The van der Waals surface area contributed by atoms with Crippen LogP contribution in [0.3, 0.4) is 0 Å². The van der Waals surface area contributed by atoms with Gasteiger partial charge in [-0.15, -0.1) is 0 Å². The van der Waals surface area contributed by atoms with E-state index in [-0.39, 0.29) is 6.61 Å². The van der Waals surface area contributed by atoms with Crippen LogP contribution in [0.2, 0.25) is 0 Å². The number of hydrogen-bond acceptors (Lipinski definition) is 5. The normalized spacial score (nSPS) is 18.6. The Hall–Kier alpha value is -0.200. The molecule has 0 unspecified atom stereocenters. The lowest BCUT2D eigenvalue weighted by molar-refractivity contribution is 0.0327. The van der Waals surface area contributed by atoms with Gasteiger partial charge < -0.3 is 15.6 Å². The van der Waals surface area contributed by atoms with E-state index in [9.17, 15) is 0 Å². The zero-order chi connectivity index (χ0) is 10.9. The van der Waals surface area contributed by atoms with Gasteiger partial charge in [0, 0.05) is 45.8 Å². The van der Waals surface area contributed by atoms with E-state index >= 15 is 0 Å². The first kappa shape index (κ1) is 12.9. The van der Waals surface area contributed by atoms with Crippen molar-refractivity contribution in [1.82, 2.24) is 9.80 Å². The molecular weight excluding hydrogens is 194 g/mol. The average molecular weight is 217 g/mol. The molecule has 0 atom stereocenters. The second-order valence-corrected chi connectivity index (χ2v) is 3.81. The highest BCUT2D eigenvalue weighted by Gasteiger charge is 2.11. The van der Waals surface area contributed by atoms with Crippen molar-refractivity contribution in [3.63, 3.8) is 0 Å². The molecule has 0 aromatic carbocycles. The SMILES string of the molecule is NCCN(CCO)CCN1CCOCC1. The molecule has 0 aromatic rings. The molecule has 0 saturated carbocycles. The van der Waals surface area contributed by atoms with Gasteiger partial charge in [-0.3, -0.25) is 9.80 Å². The van der Waals surface area contributed by atoms with Gasteiger partial charge in [0.05, 0.1) is 19.8 Å². The van der Waals surface area contributed by atoms with Crippen molar-refractivity contribution < 1.29 is 9.84 Å². The van der Waals surface area contributed by atoms with Crippen molar-refractivity contribution >= 4 is 0 Å². The maximum Gasteiger partial charge on any atom is 0.0594 e. The van der Waals surface area contributed by atoms with Gasteiger partial charge >= 0.3 is 0 Å². The van der Waals surface area contributed by atoms with Gasteiger partial charge in [-0.25, -0.2) is 0 Å². The molecule has 1 aliphatic rings. The zero-order valence-electron chi connectivity index (χ0n) is 9.40. The number of rotatable bonds is 7. The number of nitrogens with two attached hydrogens (primary N) is 1. The minimum atomic E-state index is 0.211. The van der Waals surface area contributed by atoms with E-state index in [0.717, 1.165) is 52.5 Å². The van der Waals surface area contributed by atoms with Gasteiger partial charge in [-0.1, -0.05) is 0 Å². The molecule has 0 spiro atoms. The largest absolute Gasteiger partial charge is 0.395 e. The van der Waals surface area contributed by atoms with Crippen LogP contribution in [0.5, 0.6) is 0 Å². The van der Waals surface area contributed by atoms with Crippen LogP contribution < -0.4 is 5.73 Å². The Morgan fingerprint density at radius 3 is 2.53 bits per heavy atom. The lowest BCUT2D eigenvalue weighted by atomic mass is 10.3. The standard InChI is InChI=1S/C10H23N3O2/c11-1-2-12(5-8-14)3-4-13-6-9-15-10-7-13/h14H,1-11H2. The monoisotopic (exact) mass is 217 g/mol. The minimum absolute atomic E-state index is 0.211. The first-order valence-electron chi connectivity index (χ1n) is 5.70. The smallest absolute Gasteiger partial charge is 0.0594 e. The molecule has 0 amide bonds. The van der Waals surface area contributed by atoms with Crippen LogP contribution in [-0.4, -0.2) is 80.5 Å². The Morgan fingerprint density at radius 2 is 1.93 bits per heavy atom. The first-order valence-corrected chi connectivity index (χ1v) is 5.70. The van der Waals surface area contributed by atoms with Crippen LogP contribution in [0, 0.1) is 0 Å². The van der Waals surface area contributed by atoms with E-state index in [0.29, 0.717) is 6.54 Å². The lowest BCUT2D eigenvalue weighted by Crippen LogP contribution is -2.43. The van der Waals surface area contributed by atoms with Gasteiger partial charge in [0.1, 0.15) is 0 Å². The maximum atomic E-state index is 8.88.